The number of hydrogen-bond donors (Lipinski definition) is 1. The molecule has 1 saturated heterocycles. The number of methoxy groups -OCH3 is 1. The van der Waals surface area contributed by atoms with Gasteiger partial charge in [0.15, 0.2) is 0 Å². The van der Waals surface area contributed by atoms with Crippen molar-refractivity contribution in [2.45, 2.75) is 12.8 Å². The highest BCUT2D eigenvalue weighted by Gasteiger charge is 2.32. The summed E-state index contributed by atoms with van der Waals surface area (Å²) in [5.41, 5.74) is 0. The molecule has 1 amide bonds. The largest absolute Gasteiger partial charge is 0.469 e. The molecular weight excluding hydrogens is 402 g/mol. The van der Waals surface area contributed by atoms with E-state index in [0.29, 0.717) is 28.0 Å². The lowest BCUT2D eigenvalue weighted by atomic mass is 9.99. The monoisotopic (exact) mass is 417 g/mol. The lowest BCUT2D eigenvalue weighted by Crippen LogP contribution is -2.47. The lowest BCUT2D eigenvalue weighted by Gasteiger charge is -2.29. The van der Waals surface area contributed by atoms with E-state index < -0.39 is 16.1 Å². The summed E-state index contributed by atoms with van der Waals surface area (Å²) in [7, 11) is -2.69. The van der Waals surface area contributed by atoms with Crippen LogP contribution < -0.4 is 4.72 Å². The zero-order valence-electron chi connectivity index (χ0n) is 13.8. The molecule has 0 radical (unpaired) electrons. The van der Waals surface area contributed by atoms with Gasteiger partial charge in [-0.1, -0.05) is 11.6 Å². The van der Waals surface area contributed by atoms with Crippen molar-refractivity contribution >= 4 is 55.1 Å². The molecule has 0 unspecified atom stereocenters. The van der Waals surface area contributed by atoms with E-state index in [9.17, 15) is 18.0 Å². The summed E-state index contributed by atoms with van der Waals surface area (Å²) in [6.45, 7) is 0.287. The summed E-state index contributed by atoms with van der Waals surface area (Å²) < 4.78 is 33.5. The third-order valence-corrected chi connectivity index (χ3v) is 7.03. The summed E-state index contributed by atoms with van der Waals surface area (Å²) in [6, 6.07) is 1.54. The van der Waals surface area contributed by atoms with Gasteiger partial charge in [-0.2, -0.15) is 12.7 Å². The fourth-order valence-electron chi connectivity index (χ4n) is 2.77. The summed E-state index contributed by atoms with van der Waals surface area (Å²) in [6.07, 6.45) is 3.73. The summed E-state index contributed by atoms with van der Waals surface area (Å²) in [5, 5.41) is 1.04. The molecule has 1 N–H and O–H groups in total. The highest BCUT2D eigenvalue weighted by Crippen LogP contribution is 2.30. The molecule has 3 rings (SSSR count). The number of rotatable bonds is 4. The standard InChI is InChI=1S/C15H16ClN3O5S2/c1-24-15(21)9-2-4-19(5-3-9)26(22,23)18-14(20)12-6-10-11(16)7-17-8-13(10)25-12/h6-9H,2-5H2,1H3,(H,18,20). The van der Waals surface area contributed by atoms with Crippen LogP contribution in [0, 0.1) is 5.92 Å². The van der Waals surface area contributed by atoms with Gasteiger partial charge >= 0.3 is 16.2 Å². The van der Waals surface area contributed by atoms with Crippen LogP contribution in [-0.2, 0) is 19.7 Å². The third-order valence-electron chi connectivity index (χ3n) is 4.17. The van der Waals surface area contributed by atoms with Crippen molar-refractivity contribution in [3.05, 3.63) is 28.4 Å². The molecule has 0 aliphatic carbocycles. The number of piperidine rings is 1. The Bertz CT molecular complexity index is 951. The maximum absolute atomic E-state index is 12.4. The Morgan fingerprint density at radius 1 is 1.35 bits per heavy atom. The first-order valence-electron chi connectivity index (χ1n) is 7.75. The quantitative estimate of drug-likeness (QED) is 0.760. The van der Waals surface area contributed by atoms with Gasteiger partial charge in [-0.25, -0.2) is 4.72 Å². The van der Waals surface area contributed by atoms with Crippen molar-refractivity contribution in [1.29, 1.82) is 0 Å². The van der Waals surface area contributed by atoms with Crippen molar-refractivity contribution in [3.63, 3.8) is 0 Å². The van der Waals surface area contributed by atoms with Gasteiger partial charge in [-0.05, 0) is 18.9 Å². The number of esters is 1. The van der Waals surface area contributed by atoms with Crippen LogP contribution in [0.4, 0.5) is 0 Å². The Kier molecular flexibility index (Phi) is 5.47. The maximum atomic E-state index is 12.4. The van der Waals surface area contributed by atoms with Crippen LogP contribution in [0.15, 0.2) is 18.5 Å². The highest BCUT2D eigenvalue weighted by molar-refractivity contribution is 7.87. The van der Waals surface area contributed by atoms with Crippen LogP contribution in [0.3, 0.4) is 0 Å². The molecule has 8 nitrogen and oxygen atoms in total. The van der Waals surface area contributed by atoms with Gasteiger partial charge in [0, 0.05) is 30.9 Å². The van der Waals surface area contributed by atoms with Gasteiger partial charge < -0.3 is 4.74 Å². The van der Waals surface area contributed by atoms with E-state index in [1.165, 1.54) is 13.3 Å². The summed E-state index contributed by atoms with van der Waals surface area (Å²) >= 11 is 7.14. The number of thiophene rings is 1. The third kappa shape index (κ3) is 3.83. The Hall–Kier alpha value is -1.75. The molecule has 2 aromatic heterocycles. The Morgan fingerprint density at radius 3 is 2.65 bits per heavy atom. The number of pyridine rings is 1. The van der Waals surface area contributed by atoms with Crippen LogP contribution >= 0.6 is 22.9 Å². The summed E-state index contributed by atoms with van der Waals surface area (Å²) in [4.78, 5) is 28.1. The van der Waals surface area contributed by atoms with E-state index in [0.717, 1.165) is 15.6 Å². The van der Waals surface area contributed by atoms with Crippen LogP contribution in [-0.4, -0.2) is 49.8 Å². The van der Waals surface area contributed by atoms with Gasteiger partial charge in [0.1, 0.15) is 0 Å². The van der Waals surface area contributed by atoms with Crippen molar-refractivity contribution in [3.8, 4) is 0 Å². The zero-order valence-corrected chi connectivity index (χ0v) is 16.2. The van der Waals surface area contributed by atoms with E-state index >= 15 is 0 Å². The molecule has 1 aliphatic rings. The zero-order chi connectivity index (χ0) is 18.9. The number of nitrogens with zero attached hydrogens (tertiary/aromatic N) is 2. The number of amides is 1. The van der Waals surface area contributed by atoms with Crippen molar-refractivity contribution < 1.29 is 22.7 Å². The highest BCUT2D eigenvalue weighted by atomic mass is 35.5. The van der Waals surface area contributed by atoms with E-state index in [1.54, 1.807) is 12.3 Å². The van der Waals surface area contributed by atoms with E-state index in [4.69, 9.17) is 11.6 Å². The van der Waals surface area contributed by atoms with Crippen molar-refractivity contribution in [2.75, 3.05) is 20.2 Å². The number of carbonyl (C=O) groups is 2. The number of fused-ring (bicyclic) bond motifs is 1. The molecular formula is C15H16ClN3O5S2. The minimum absolute atomic E-state index is 0.143. The Labute approximate surface area is 159 Å². The maximum Gasteiger partial charge on any atom is 0.308 e. The van der Waals surface area contributed by atoms with E-state index in [2.05, 4.69) is 14.4 Å². The van der Waals surface area contributed by atoms with E-state index in [-0.39, 0.29) is 29.9 Å². The Morgan fingerprint density at radius 2 is 2.04 bits per heavy atom. The molecule has 3 heterocycles. The van der Waals surface area contributed by atoms with Crippen LogP contribution in [0.1, 0.15) is 22.5 Å². The molecule has 140 valence electrons. The molecule has 2 aromatic rings. The molecule has 11 heteroatoms. The second-order valence-electron chi connectivity index (χ2n) is 5.78. The molecule has 1 fully saturated rings. The average molecular weight is 418 g/mol. The minimum Gasteiger partial charge on any atom is -0.469 e. The number of ether oxygens (including phenoxy) is 1. The van der Waals surface area contributed by atoms with Crippen LogP contribution in [0.2, 0.25) is 5.02 Å². The van der Waals surface area contributed by atoms with Crippen LogP contribution in [0.5, 0.6) is 0 Å². The summed E-state index contributed by atoms with van der Waals surface area (Å²) in [5.74, 6) is -1.39. The second-order valence-corrected chi connectivity index (χ2v) is 8.94. The van der Waals surface area contributed by atoms with Gasteiger partial charge in [-0.15, -0.1) is 11.3 Å². The first kappa shape index (κ1) is 19.0. The predicted molar refractivity (Wildman–Crippen MR) is 97.3 cm³/mol. The number of hydrogen-bond acceptors (Lipinski definition) is 7. The molecule has 0 aromatic carbocycles. The Balaban J connectivity index is 1.70. The SMILES string of the molecule is COC(=O)C1CCN(S(=O)(=O)NC(=O)c2cc3c(Cl)cncc3s2)CC1. The molecule has 0 atom stereocenters. The van der Waals surface area contributed by atoms with Gasteiger partial charge in [0.2, 0.25) is 0 Å². The normalized spacial score (nSPS) is 16.5. The van der Waals surface area contributed by atoms with Gasteiger partial charge in [0.05, 0.1) is 27.6 Å². The fraction of sp³-hybridized carbons (Fsp3) is 0.400. The van der Waals surface area contributed by atoms with Crippen molar-refractivity contribution in [2.24, 2.45) is 5.92 Å². The lowest BCUT2D eigenvalue weighted by molar-refractivity contribution is -0.146. The van der Waals surface area contributed by atoms with Gasteiger partial charge in [-0.3, -0.25) is 14.6 Å². The number of nitrogens with one attached hydrogen (secondary N) is 1. The van der Waals surface area contributed by atoms with Gasteiger partial charge in [0.25, 0.3) is 5.91 Å². The molecule has 1 aliphatic heterocycles. The van der Waals surface area contributed by atoms with Crippen molar-refractivity contribution in [1.82, 2.24) is 14.0 Å². The minimum atomic E-state index is -3.99. The molecule has 26 heavy (non-hydrogen) atoms. The molecule has 0 saturated carbocycles. The first-order valence-corrected chi connectivity index (χ1v) is 10.4. The second kappa shape index (κ2) is 7.47. The average Bonchev–Trinajstić information content (AvgIpc) is 3.07. The molecule has 0 spiro atoms. The first-order chi connectivity index (χ1) is 12.3. The number of aromatic nitrogens is 1. The van der Waals surface area contributed by atoms with E-state index in [1.807, 2.05) is 0 Å². The molecule has 0 bridgehead atoms. The number of halogens is 1. The number of carbonyl (C=O) groups excluding carboxylic acids is 2. The topological polar surface area (TPSA) is 106 Å². The fourth-order valence-corrected chi connectivity index (χ4v) is 5.22. The predicted octanol–water partition coefficient (Wildman–Crippen LogP) is 1.81. The van der Waals surface area contributed by atoms with Crippen LogP contribution in [0.25, 0.3) is 10.1 Å². The smallest absolute Gasteiger partial charge is 0.308 e.